The van der Waals surface area contributed by atoms with E-state index in [1.165, 1.54) is 167 Å². The van der Waals surface area contributed by atoms with Gasteiger partial charge in [0.25, 0.3) is 0 Å². The molecule has 0 aliphatic rings. The van der Waals surface area contributed by atoms with Crippen molar-refractivity contribution >= 4 is 17.9 Å². The van der Waals surface area contributed by atoms with Gasteiger partial charge in [-0.2, -0.15) is 0 Å². The molecule has 0 aliphatic heterocycles. The predicted molar refractivity (Wildman–Crippen MR) is 293 cm³/mol. The van der Waals surface area contributed by atoms with E-state index < -0.39 is 6.10 Å². The number of carbonyl (C=O) groups is 3. The van der Waals surface area contributed by atoms with Gasteiger partial charge >= 0.3 is 17.9 Å². The van der Waals surface area contributed by atoms with Crippen molar-refractivity contribution in [1.82, 2.24) is 0 Å². The van der Waals surface area contributed by atoms with E-state index in [-0.39, 0.29) is 31.1 Å². The molecule has 394 valence electrons. The van der Waals surface area contributed by atoms with Crippen molar-refractivity contribution in [2.45, 2.75) is 303 Å². The van der Waals surface area contributed by atoms with E-state index in [4.69, 9.17) is 14.2 Å². The third kappa shape index (κ3) is 54.1. The second-order valence-electron chi connectivity index (χ2n) is 19.5. The number of ether oxygens (including phenoxy) is 3. The highest BCUT2D eigenvalue weighted by molar-refractivity contribution is 5.71. The quantitative estimate of drug-likeness (QED) is 0.0262. The average Bonchev–Trinajstić information content (AvgIpc) is 3.34. The summed E-state index contributed by atoms with van der Waals surface area (Å²) in [5.74, 6) is -0.874. The highest BCUT2D eigenvalue weighted by atomic mass is 16.6. The standard InChI is InChI=1S/C62H110O6/c1-4-7-10-13-16-19-22-24-26-27-28-29-30-31-32-33-34-35-36-38-40-43-46-49-52-55-61(64)67-58-59(57-66-60(63)54-51-48-45-42-39-21-18-15-12-9-6-3)68-62(65)56-53-50-47-44-41-37-25-23-20-17-14-11-8-5-2/h7,10,16,19,23-26,28-29,59H,4-6,8-9,11-15,17-18,20-22,27,30-58H2,1-3H3/b10-7-,19-16-,25-23-,26-24-,29-28-. The lowest BCUT2D eigenvalue weighted by atomic mass is 10.0. The Morgan fingerprint density at radius 1 is 0.309 bits per heavy atom. The Kier molecular flexibility index (Phi) is 54.3. The maximum absolute atomic E-state index is 12.8. The molecule has 1 atom stereocenters. The number of rotatable bonds is 53. The van der Waals surface area contributed by atoms with Crippen LogP contribution < -0.4 is 0 Å². The largest absolute Gasteiger partial charge is 0.462 e. The van der Waals surface area contributed by atoms with Crippen LogP contribution in [-0.4, -0.2) is 37.2 Å². The van der Waals surface area contributed by atoms with E-state index in [9.17, 15) is 14.4 Å². The van der Waals surface area contributed by atoms with Crippen molar-refractivity contribution in [3.05, 3.63) is 60.8 Å². The molecule has 68 heavy (non-hydrogen) atoms. The number of unbranched alkanes of at least 4 members (excludes halogenated alkanes) is 32. The van der Waals surface area contributed by atoms with Gasteiger partial charge in [-0.05, 0) is 83.5 Å². The molecule has 0 bridgehead atoms. The molecule has 0 heterocycles. The van der Waals surface area contributed by atoms with Gasteiger partial charge in [-0.15, -0.1) is 0 Å². The molecule has 1 unspecified atom stereocenters. The first-order valence-corrected chi connectivity index (χ1v) is 29.3. The Balaban J connectivity index is 4.23. The van der Waals surface area contributed by atoms with Crippen LogP contribution in [0.4, 0.5) is 0 Å². The van der Waals surface area contributed by atoms with Crippen molar-refractivity contribution in [3.63, 3.8) is 0 Å². The van der Waals surface area contributed by atoms with Crippen molar-refractivity contribution in [2.24, 2.45) is 0 Å². The van der Waals surface area contributed by atoms with Crippen LogP contribution in [0.25, 0.3) is 0 Å². The summed E-state index contributed by atoms with van der Waals surface area (Å²) in [6.45, 7) is 6.53. The highest BCUT2D eigenvalue weighted by Gasteiger charge is 2.19. The van der Waals surface area contributed by atoms with E-state index in [2.05, 4.69) is 81.5 Å². The Morgan fingerprint density at radius 2 is 0.574 bits per heavy atom. The van der Waals surface area contributed by atoms with E-state index in [1.807, 2.05) is 0 Å². The first kappa shape index (κ1) is 65.1. The van der Waals surface area contributed by atoms with Crippen LogP contribution in [0.3, 0.4) is 0 Å². The lowest BCUT2D eigenvalue weighted by Crippen LogP contribution is -2.30. The van der Waals surface area contributed by atoms with Crippen molar-refractivity contribution < 1.29 is 28.6 Å². The molecule has 0 N–H and O–H groups in total. The zero-order valence-corrected chi connectivity index (χ0v) is 45.1. The first-order valence-electron chi connectivity index (χ1n) is 29.3. The molecular formula is C62H110O6. The molecule has 0 saturated heterocycles. The number of allylic oxidation sites excluding steroid dienone is 10. The third-order valence-electron chi connectivity index (χ3n) is 12.8. The molecule has 0 aromatic heterocycles. The van der Waals surface area contributed by atoms with Crippen LogP contribution in [0, 0.1) is 0 Å². The molecule has 0 fully saturated rings. The summed E-state index contributed by atoms with van der Waals surface area (Å²) in [6, 6.07) is 0. The lowest BCUT2D eigenvalue weighted by Gasteiger charge is -2.18. The van der Waals surface area contributed by atoms with Gasteiger partial charge in [0.15, 0.2) is 6.10 Å². The highest BCUT2D eigenvalue weighted by Crippen LogP contribution is 2.16. The number of hydrogen-bond acceptors (Lipinski definition) is 6. The Morgan fingerprint density at radius 3 is 0.912 bits per heavy atom. The summed E-state index contributed by atoms with van der Waals surface area (Å²) in [4.78, 5) is 38.1. The minimum Gasteiger partial charge on any atom is -0.462 e. The molecule has 0 spiro atoms. The maximum atomic E-state index is 12.8. The van der Waals surface area contributed by atoms with Gasteiger partial charge in [-0.25, -0.2) is 0 Å². The van der Waals surface area contributed by atoms with E-state index >= 15 is 0 Å². The van der Waals surface area contributed by atoms with Gasteiger partial charge in [0.2, 0.25) is 0 Å². The third-order valence-corrected chi connectivity index (χ3v) is 12.8. The molecule has 0 aromatic rings. The predicted octanol–water partition coefficient (Wildman–Crippen LogP) is 19.6. The maximum Gasteiger partial charge on any atom is 0.306 e. The van der Waals surface area contributed by atoms with Crippen LogP contribution in [-0.2, 0) is 28.6 Å². The number of hydrogen-bond donors (Lipinski definition) is 0. The van der Waals surface area contributed by atoms with Crippen molar-refractivity contribution in [1.29, 1.82) is 0 Å². The van der Waals surface area contributed by atoms with Crippen LogP contribution in [0.15, 0.2) is 60.8 Å². The molecule has 0 rings (SSSR count). The first-order chi connectivity index (χ1) is 33.5. The Bertz CT molecular complexity index is 1230. The summed E-state index contributed by atoms with van der Waals surface area (Å²) in [5, 5.41) is 0. The zero-order valence-electron chi connectivity index (χ0n) is 45.1. The van der Waals surface area contributed by atoms with E-state index in [0.29, 0.717) is 19.3 Å². The molecule has 6 nitrogen and oxygen atoms in total. The summed E-state index contributed by atoms with van der Waals surface area (Å²) in [5.41, 5.74) is 0. The molecule has 0 saturated carbocycles. The van der Waals surface area contributed by atoms with Gasteiger partial charge in [0.05, 0.1) is 0 Å². The van der Waals surface area contributed by atoms with Crippen LogP contribution in [0.5, 0.6) is 0 Å². The van der Waals surface area contributed by atoms with E-state index in [0.717, 1.165) is 89.9 Å². The summed E-state index contributed by atoms with van der Waals surface area (Å²) in [7, 11) is 0. The molecule has 0 aliphatic carbocycles. The van der Waals surface area contributed by atoms with Crippen LogP contribution in [0.1, 0.15) is 297 Å². The minimum absolute atomic E-state index is 0.0746. The topological polar surface area (TPSA) is 78.9 Å². The van der Waals surface area contributed by atoms with Crippen molar-refractivity contribution in [3.8, 4) is 0 Å². The molecule has 0 amide bonds. The van der Waals surface area contributed by atoms with Gasteiger partial charge in [-0.1, -0.05) is 255 Å². The molecule has 0 aromatic carbocycles. The second kappa shape index (κ2) is 56.7. The Labute approximate surface area is 421 Å². The van der Waals surface area contributed by atoms with Crippen LogP contribution in [0.2, 0.25) is 0 Å². The second-order valence-corrected chi connectivity index (χ2v) is 19.5. The number of esters is 3. The fourth-order valence-corrected chi connectivity index (χ4v) is 8.37. The average molecular weight is 952 g/mol. The van der Waals surface area contributed by atoms with E-state index in [1.54, 1.807) is 0 Å². The van der Waals surface area contributed by atoms with Gasteiger partial charge < -0.3 is 14.2 Å². The molecule has 0 radical (unpaired) electrons. The fourth-order valence-electron chi connectivity index (χ4n) is 8.37. The van der Waals surface area contributed by atoms with Crippen LogP contribution >= 0.6 is 0 Å². The smallest absolute Gasteiger partial charge is 0.306 e. The normalized spacial score (nSPS) is 12.5. The van der Waals surface area contributed by atoms with Crippen molar-refractivity contribution in [2.75, 3.05) is 13.2 Å². The Hall–Kier alpha value is -2.89. The number of carbonyl (C=O) groups excluding carboxylic acids is 3. The monoisotopic (exact) mass is 951 g/mol. The van der Waals surface area contributed by atoms with Gasteiger partial charge in [-0.3, -0.25) is 14.4 Å². The molecular weight excluding hydrogens is 841 g/mol. The SMILES string of the molecule is CC/C=C\C/C=C\C/C=C\C/C=C\CCCCCCCCCCCCCCC(=O)OCC(COC(=O)CCCCCCCCCCCCC)OC(=O)CCCCCCC/C=C\CCCCCCC. The van der Waals surface area contributed by atoms with Gasteiger partial charge in [0, 0.05) is 19.3 Å². The minimum atomic E-state index is -0.776. The fraction of sp³-hybridized carbons (Fsp3) is 0.790. The van der Waals surface area contributed by atoms with Gasteiger partial charge in [0.1, 0.15) is 13.2 Å². The molecule has 6 heteroatoms. The summed E-state index contributed by atoms with van der Waals surface area (Å²) >= 11 is 0. The summed E-state index contributed by atoms with van der Waals surface area (Å²) < 4.78 is 16.8. The summed E-state index contributed by atoms with van der Waals surface area (Å²) in [6.07, 6.45) is 70.7. The lowest BCUT2D eigenvalue weighted by molar-refractivity contribution is -0.167. The zero-order chi connectivity index (χ0) is 49.3.